The largest absolute Gasteiger partial charge is 0.478 e. The van der Waals surface area contributed by atoms with Gasteiger partial charge in [0.15, 0.2) is 0 Å². The standard InChI is InChI=1S/C23H18ClNO3/c24-19-8-7-17(20(14-19)23(27)28)12-15-6-9-21-18(13-15)10-11-25(21)22(26)16-4-2-1-3-5-16/h1-9,13-14H,10-12H2,(H,27,28). The number of halogens is 1. The van der Waals surface area contributed by atoms with Gasteiger partial charge in [0.1, 0.15) is 0 Å². The number of rotatable bonds is 4. The Morgan fingerprint density at radius 1 is 1.00 bits per heavy atom. The third kappa shape index (κ3) is 3.51. The van der Waals surface area contributed by atoms with E-state index in [1.807, 2.05) is 42.5 Å². The number of nitrogens with zero attached hydrogens (tertiary/aromatic N) is 1. The van der Waals surface area contributed by atoms with Gasteiger partial charge in [0.25, 0.3) is 5.91 Å². The molecule has 0 saturated carbocycles. The first-order chi connectivity index (χ1) is 13.5. The Bertz CT molecular complexity index is 1060. The predicted molar refractivity (Wildman–Crippen MR) is 109 cm³/mol. The van der Waals surface area contributed by atoms with Crippen LogP contribution in [-0.2, 0) is 12.8 Å². The van der Waals surface area contributed by atoms with Gasteiger partial charge in [-0.3, -0.25) is 4.79 Å². The maximum absolute atomic E-state index is 12.8. The highest BCUT2D eigenvalue weighted by atomic mass is 35.5. The smallest absolute Gasteiger partial charge is 0.336 e. The number of anilines is 1. The molecule has 1 N–H and O–H groups in total. The number of amides is 1. The predicted octanol–water partition coefficient (Wildman–Crippen LogP) is 4.83. The van der Waals surface area contributed by atoms with Crippen molar-refractivity contribution in [3.63, 3.8) is 0 Å². The van der Waals surface area contributed by atoms with E-state index in [9.17, 15) is 14.7 Å². The zero-order chi connectivity index (χ0) is 19.7. The van der Waals surface area contributed by atoms with Crippen molar-refractivity contribution in [1.29, 1.82) is 0 Å². The fourth-order valence-corrected chi connectivity index (χ4v) is 3.81. The van der Waals surface area contributed by atoms with Crippen molar-refractivity contribution in [1.82, 2.24) is 0 Å². The lowest BCUT2D eigenvalue weighted by atomic mass is 9.98. The maximum Gasteiger partial charge on any atom is 0.336 e. The molecule has 28 heavy (non-hydrogen) atoms. The average Bonchev–Trinajstić information content (AvgIpc) is 3.12. The molecule has 3 aromatic rings. The fourth-order valence-electron chi connectivity index (χ4n) is 3.63. The first-order valence-electron chi connectivity index (χ1n) is 9.03. The number of hydrogen-bond donors (Lipinski definition) is 1. The molecular formula is C23H18ClNO3. The number of fused-ring (bicyclic) bond motifs is 1. The lowest BCUT2D eigenvalue weighted by molar-refractivity contribution is 0.0695. The van der Waals surface area contributed by atoms with Gasteiger partial charge in [0, 0.05) is 22.8 Å². The highest BCUT2D eigenvalue weighted by Crippen LogP contribution is 2.31. The summed E-state index contributed by atoms with van der Waals surface area (Å²) in [6, 6.07) is 20.2. The maximum atomic E-state index is 12.8. The molecule has 0 atom stereocenters. The molecule has 0 spiro atoms. The van der Waals surface area contributed by atoms with Crippen molar-refractivity contribution < 1.29 is 14.7 Å². The van der Waals surface area contributed by atoms with Gasteiger partial charge in [0.05, 0.1) is 5.56 Å². The van der Waals surface area contributed by atoms with Crippen LogP contribution in [0.2, 0.25) is 5.02 Å². The van der Waals surface area contributed by atoms with E-state index in [4.69, 9.17) is 11.6 Å². The van der Waals surface area contributed by atoms with Gasteiger partial charge >= 0.3 is 5.97 Å². The number of aromatic carboxylic acids is 1. The molecule has 0 aliphatic carbocycles. The first-order valence-corrected chi connectivity index (χ1v) is 9.41. The summed E-state index contributed by atoms with van der Waals surface area (Å²) < 4.78 is 0. The van der Waals surface area contributed by atoms with Crippen LogP contribution >= 0.6 is 11.6 Å². The molecule has 0 radical (unpaired) electrons. The van der Waals surface area contributed by atoms with Crippen LogP contribution in [0.25, 0.3) is 0 Å². The molecule has 0 fully saturated rings. The minimum absolute atomic E-state index is 0.00188. The molecular weight excluding hydrogens is 374 g/mol. The molecule has 1 aliphatic rings. The van der Waals surface area contributed by atoms with Gasteiger partial charge in [0.2, 0.25) is 0 Å². The summed E-state index contributed by atoms with van der Waals surface area (Å²) in [7, 11) is 0. The van der Waals surface area contributed by atoms with Gasteiger partial charge in [-0.15, -0.1) is 0 Å². The Morgan fingerprint density at radius 2 is 1.79 bits per heavy atom. The molecule has 140 valence electrons. The van der Waals surface area contributed by atoms with Crippen molar-refractivity contribution >= 4 is 29.2 Å². The first kappa shape index (κ1) is 18.3. The summed E-state index contributed by atoms with van der Waals surface area (Å²) in [5.41, 5.74) is 4.64. The van der Waals surface area contributed by atoms with Gasteiger partial charge in [-0.05, 0) is 59.9 Å². The van der Waals surface area contributed by atoms with Gasteiger partial charge < -0.3 is 10.0 Å². The molecule has 1 amide bonds. The minimum Gasteiger partial charge on any atom is -0.478 e. The number of benzene rings is 3. The van der Waals surface area contributed by atoms with E-state index in [0.29, 0.717) is 29.1 Å². The lowest BCUT2D eigenvalue weighted by Crippen LogP contribution is -2.28. The second kappa shape index (κ2) is 7.49. The topological polar surface area (TPSA) is 57.6 Å². The van der Waals surface area contributed by atoms with Crippen LogP contribution in [0, 0.1) is 0 Å². The van der Waals surface area contributed by atoms with Crippen molar-refractivity contribution in [2.45, 2.75) is 12.8 Å². The molecule has 4 rings (SSSR count). The van der Waals surface area contributed by atoms with E-state index in [1.54, 1.807) is 17.0 Å². The Labute approximate surface area is 168 Å². The number of carbonyl (C=O) groups is 2. The van der Waals surface area contributed by atoms with E-state index in [2.05, 4.69) is 6.07 Å². The summed E-state index contributed by atoms with van der Waals surface area (Å²) in [6.07, 6.45) is 1.28. The van der Waals surface area contributed by atoms with Crippen LogP contribution in [0.5, 0.6) is 0 Å². The van der Waals surface area contributed by atoms with Crippen molar-refractivity contribution in [2.75, 3.05) is 11.4 Å². The summed E-state index contributed by atoms with van der Waals surface area (Å²) in [5, 5.41) is 9.83. The van der Waals surface area contributed by atoms with E-state index in [0.717, 1.165) is 23.2 Å². The monoisotopic (exact) mass is 391 g/mol. The summed E-state index contributed by atoms with van der Waals surface area (Å²) in [6.45, 7) is 0.647. The molecule has 0 aromatic heterocycles. The van der Waals surface area contributed by atoms with Gasteiger partial charge in [-0.1, -0.05) is 48.0 Å². The van der Waals surface area contributed by atoms with Gasteiger partial charge in [-0.2, -0.15) is 0 Å². The Balaban J connectivity index is 1.60. The Hall–Kier alpha value is -3.11. The lowest BCUT2D eigenvalue weighted by Gasteiger charge is -2.18. The van der Waals surface area contributed by atoms with E-state index in [1.165, 1.54) is 6.07 Å². The highest BCUT2D eigenvalue weighted by molar-refractivity contribution is 6.31. The van der Waals surface area contributed by atoms with Crippen molar-refractivity contribution in [3.8, 4) is 0 Å². The van der Waals surface area contributed by atoms with Gasteiger partial charge in [-0.25, -0.2) is 4.79 Å². The van der Waals surface area contributed by atoms with Crippen LogP contribution in [0.1, 0.15) is 37.4 Å². The minimum atomic E-state index is -0.988. The molecule has 0 bridgehead atoms. The van der Waals surface area contributed by atoms with Crippen LogP contribution in [0.3, 0.4) is 0 Å². The quantitative estimate of drug-likeness (QED) is 0.692. The van der Waals surface area contributed by atoms with Crippen molar-refractivity contribution in [2.24, 2.45) is 0 Å². The summed E-state index contributed by atoms with van der Waals surface area (Å²) in [4.78, 5) is 26.1. The zero-order valence-corrected chi connectivity index (χ0v) is 15.8. The number of hydrogen-bond acceptors (Lipinski definition) is 2. The SMILES string of the molecule is O=C(O)c1cc(Cl)ccc1Cc1ccc2c(c1)CCN2C(=O)c1ccccc1. The van der Waals surface area contributed by atoms with Crippen LogP contribution in [-0.4, -0.2) is 23.5 Å². The Kier molecular flexibility index (Phi) is 4.88. The molecule has 0 unspecified atom stereocenters. The number of carboxylic acids is 1. The van der Waals surface area contributed by atoms with Crippen LogP contribution in [0.4, 0.5) is 5.69 Å². The fraction of sp³-hybridized carbons (Fsp3) is 0.130. The normalized spacial score (nSPS) is 12.7. The number of carbonyl (C=O) groups excluding carboxylic acids is 1. The second-order valence-electron chi connectivity index (χ2n) is 6.82. The molecule has 0 saturated heterocycles. The third-order valence-corrected chi connectivity index (χ3v) is 5.24. The summed E-state index contributed by atoms with van der Waals surface area (Å²) in [5.74, 6) is -0.990. The molecule has 4 nitrogen and oxygen atoms in total. The van der Waals surface area contributed by atoms with E-state index >= 15 is 0 Å². The molecule has 1 heterocycles. The van der Waals surface area contributed by atoms with Crippen molar-refractivity contribution in [3.05, 3.63) is 99.6 Å². The van der Waals surface area contributed by atoms with E-state index in [-0.39, 0.29) is 11.5 Å². The summed E-state index contributed by atoms with van der Waals surface area (Å²) >= 11 is 5.94. The third-order valence-electron chi connectivity index (χ3n) is 5.00. The van der Waals surface area contributed by atoms with Crippen LogP contribution < -0.4 is 4.90 Å². The van der Waals surface area contributed by atoms with E-state index < -0.39 is 5.97 Å². The molecule has 5 heteroatoms. The number of carboxylic acid groups (broad SMARTS) is 1. The zero-order valence-electron chi connectivity index (χ0n) is 15.1. The average molecular weight is 392 g/mol. The highest BCUT2D eigenvalue weighted by Gasteiger charge is 2.25. The second-order valence-corrected chi connectivity index (χ2v) is 7.26. The Morgan fingerprint density at radius 3 is 2.54 bits per heavy atom. The van der Waals surface area contributed by atoms with Crippen LogP contribution in [0.15, 0.2) is 66.7 Å². The molecule has 3 aromatic carbocycles. The molecule has 1 aliphatic heterocycles.